The second kappa shape index (κ2) is 7.24. The molecule has 0 aliphatic heterocycles. The van der Waals surface area contributed by atoms with E-state index in [1.54, 1.807) is 12.3 Å². The number of hydrogen-bond donors (Lipinski definition) is 1. The number of benzene rings is 2. The van der Waals surface area contributed by atoms with E-state index in [4.69, 9.17) is 0 Å². The maximum absolute atomic E-state index is 11.8. The van der Waals surface area contributed by atoms with E-state index in [0.29, 0.717) is 5.56 Å². The molecule has 20 heavy (non-hydrogen) atoms. The van der Waals surface area contributed by atoms with E-state index in [9.17, 15) is 4.79 Å². The molecular formula is C17H18N2O. The first kappa shape index (κ1) is 14.0. The largest absolute Gasteiger partial charge is 0.271 e. The minimum atomic E-state index is -0.176. The number of hydrogen-bond acceptors (Lipinski definition) is 2. The van der Waals surface area contributed by atoms with Crippen molar-refractivity contribution in [2.75, 3.05) is 0 Å². The third-order valence-electron chi connectivity index (χ3n) is 2.94. The lowest BCUT2D eigenvalue weighted by Crippen LogP contribution is -2.17. The van der Waals surface area contributed by atoms with Crippen molar-refractivity contribution in [2.24, 2.45) is 5.10 Å². The summed E-state index contributed by atoms with van der Waals surface area (Å²) in [5, 5.41) is 3.97. The highest BCUT2D eigenvalue weighted by atomic mass is 16.2. The first-order valence-corrected chi connectivity index (χ1v) is 6.68. The van der Waals surface area contributed by atoms with Crippen LogP contribution in [0.15, 0.2) is 59.7 Å². The van der Waals surface area contributed by atoms with Gasteiger partial charge in [-0.3, -0.25) is 4.79 Å². The van der Waals surface area contributed by atoms with Crippen molar-refractivity contribution in [3.05, 3.63) is 71.3 Å². The second-order valence-corrected chi connectivity index (χ2v) is 4.65. The molecule has 0 heterocycles. The molecule has 2 rings (SSSR count). The molecule has 2 aromatic rings. The van der Waals surface area contributed by atoms with Crippen LogP contribution < -0.4 is 5.43 Å². The maximum Gasteiger partial charge on any atom is 0.271 e. The zero-order valence-corrected chi connectivity index (χ0v) is 11.5. The van der Waals surface area contributed by atoms with Crippen LogP contribution in [0.1, 0.15) is 27.9 Å². The van der Waals surface area contributed by atoms with Gasteiger partial charge in [-0.1, -0.05) is 48.0 Å². The number of carbonyl (C=O) groups excluding carboxylic acids is 1. The van der Waals surface area contributed by atoms with Gasteiger partial charge in [-0.25, -0.2) is 5.43 Å². The minimum absolute atomic E-state index is 0.176. The molecule has 2 aromatic carbocycles. The van der Waals surface area contributed by atoms with Crippen LogP contribution in [0.2, 0.25) is 0 Å². The molecule has 0 aliphatic carbocycles. The average Bonchev–Trinajstić information content (AvgIpc) is 2.48. The fourth-order valence-electron chi connectivity index (χ4n) is 1.90. The van der Waals surface area contributed by atoms with Gasteiger partial charge in [-0.15, -0.1) is 0 Å². The van der Waals surface area contributed by atoms with Crippen molar-refractivity contribution < 1.29 is 4.79 Å². The van der Waals surface area contributed by atoms with Crippen LogP contribution in [0.4, 0.5) is 0 Å². The van der Waals surface area contributed by atoms with E-state index in [2.05, 4.69) is 22.7 Å². The predicted octanol–water partition coefficient (Wildman–Crippen LogP) is 3.34. The molecule has 0 fully saturated rings. The number of nitrogens with zero attached hydrogens (tertiary/aromatic N) is 1. The Labute approximate surface area is 119 Å². The van der Waals surface area contributed by atoms with Gasteiger partial charge >= 0.3 is 0 Å². The van der Waals surface area contributed by atoms with E-state index >= 15 is 0 Å². The standard InChI is InChI=1S/C17H18N2O/c1-14-7-5-11-16(13-14)17(20)19-18-12-6-10-15-8-3-2-4-9-15/h2-5,7-9,11-13H,6,10H2,1H3,(H,19,20)/b18-12+. The summed E-state index contributed by atoms with van der Waals surface area (Å²) in [5.41, 5.74) is 5.50. The van der Waals surface area contributed by atoms with Crippen molar-refractivity contribution in [1.29, 1.82) is 0 Å². The minimum Gasteiger partial charge on any atom is -0.267 e. The quantitative estimate of drug-likeness (QED) is 0.654. The molecule has 0 bridgehead atoms. The number of rotatable bonds is 5. The van der Waals surface area contributed by atoms with Gasteiger partial charge in [-0.2, -0.15) is 5.10 Å². The van der Waals surface area contributed by atoms with Crippen molar-refractivity contribution in [3.63, 3.8) is 0 Å². The SMILES string of the molecule is Cc1cccc(C(=O)N/N=C/CCc2ccccc2)c1. The van der Waals surface area contributed by atoms with Crippen LogP contribution in [0.25, 0.3) is 0 Å². The zero-order chi connectivity index (χ0) is 14.2. The molecule has 0 atom stereocenters. The first-order valence-electron chi connectivity index (χ1n) is 6.68. The molecule has 3 heteroatoms. The highest BCUT2D eigenvalue weighted by molar-refractivity contribution is 5.94. The van der Waals surface area contributed by atoms with Gasteiger partial charge in [0, 0.05) is 11.8 Å². The van der Waals surface area contributed by atoms with Crippen LogP contribution >= 0.6 is 0 Å². The summed E-state index contributed by atoms with van der Waals surface area (Å²) >= 11 is 0. The van der Waals surface area contributed by atoms with Gasteiger partial charge in [0.15, 0.2) is 0 Å². The summed E-state index contributed by atoms with van der Waals surface area (Å²) < 4.78 is 0. The molecule has 0 aromatic heterocycles. The van der Waals surface area contributed by atoms with Crippen LogP contribution in [0.5, 0.6) is 0 Å². The summed E-state index contributed by atoms with van der Waals surface area (Å²) in [4.78, 5) is 11.8. The lowest BCUT2D eigenvalue weighted by Gasteiger charge is -2.01. The Morgan fingerprint density at radius 1 is 1.15 bits per heavy atom. The van der Waals surface area contributed by atoms with Crippen molar-refractivity contribution in [2.45, 2.75) is 19.8 Å². The molecule has 102 valence electrons. The van der Waals surface area contributed by atoms with Crippen LogP contribution in [0, 0.1) is 6.92 Å². The molecule has 3 nitrogen and oxygen atoms in total. The van der Waals surface area contributed by atoms with Crippen molar-refractivity contribution in [3.8, 4) is 0 Å². The molecular weight excluding hydrogens is 248 g/mol. The number of amides is 1. The summed E-state index contributed by atoms with van der Waals surface area (Å²) in [6.07, 6.45) is 3.46. The molecule has 1 amide bonds. The highest BCUT2D eigenvalue weighted by Crippen LogP contribution is 2.03. The van der Waals surface area contributed by atoms with Crippen LogP contribution in [-0.2, 0) is 6.42 Å². The molecule has 0 saturated carbocycles. The number of nitrogens with one attached hydrogen (secondary N) is 1. The Morgan fingerprint density at radius 3 is 2.70 bits per heavy atom. The van der Waals surface area contributed by atoms with Gasteiger partial charge in [0.1, 0.15) is 0 Å². The Hall–Kier alpha value is -2.42. The molecule has 0 spiro atoms. The summed E-state index contributed by atoms with van der Waals surface area (Å²) in [7, 11) is 0. The smallest absolute Gasteiger partial charge is 0.267 e. The third kappa shape index (κ3) is 4.35. The summed E-state index contributed by atoms with van der Waals surface area (Å²) in [6, 6.07) is 17.6. The Balaban J connectivity index is 1.77. The predicted molar refractivity (Wildman–Crippen MR) is 81.9 cm³/mol. The number of aryl methyl sites for hydroxylation is 2. The Kier molecular flexibility index (Phi) is 5.07. The van der Waals surface area contributed by atoms with E-state index in [1.165, 1.54) is 5.56 Å². The van der Waals surface area contributed by atoms with Gasteiger partial charge in [0.25, 0.3) is 5.91 Å². The topological polar surface area (TPSA) is 41.5 Å². The van der Waals surface area contributed by atoms with Crippen molar-refractivity contribution in [1.82, 2.24) is 5.43 Å². The highest BCUT2D eigenvalue weighted by Gasteiger charge is 2.02. The monoisotopic (exact) mass is 266 g/mol. The van der Waals surface area contributed by atoms with Gasteiger partial charge in [0.2, 0.25) is 0 Å². The molecule has 0 unspecified atom stereocenters. The number of hydrazone groups is 1. The zero-order valence-electron chi connectivity index (χ0n) is 11.5. The van der Waals surface area contributed by atoms with Gasteiger partial charge < -0.3 is 0 Å². The normalized spacial score (nSPS) is 10.7. The summed E-state index contributed by atoms with van der Waals surface area (Å²) in [6.45, 7) is 1.96. The molecule has 0 saturated heterocycles. The van der Waals surface area contributed by atoms with E-state index < -0.39 is 0 Å². The Morgan fingerprint density at radius 2 is 1.95 bits per heavy atom. The molecule has 1 N–H and O–H groups in total. The average molecular weight is 266 g/mol. The lowest BCUT2D eigenvalue weighted by atomic mass is 10.1. The molecule has 0 radical (unpaired) electrons. The third-order valence-corrected chi connectivity index (χ3v) is 2.94. The lowest BCUT2D eigenvalue weighted by molar-refractivity contribution is 0.0955. The summed E-state index contributed by atoms with van der Waals surface area (Å²) in [5.74, 6) is -0.176. The van der Waals surface area contributed by atoms with E-state index in [0.717, 1.165) is 18.4 Å². The molecule has 0 aliphatic rings. The first-order chi connectivity index (χ1) is 9.75. The van der Waals surface area contributed by atoms with Crippen LogP contribution in [0.3, 0.4) is 0 Å². The fraction of sp³-hybridized carbons (Fsp3) is 0.176. The number of carbonyl (C=O) groups is 1. The maximum atomic E-state index is 11.8. The van der Waals surface area contributed by atoms with Crippen molar-refractivity contribution >= 4 is 12.1 Å². The van der Waals surface area contributed by atoms with Crippen LogP contribution in [-0.4, -0.2) is 12.1 Å². The van der Waals surface area contributed by atoms with E-state index in [-0.39, 0.29) is 5.91 Å². The van der Waals surface area contributed by atoms with Gasteiger partial charge in [-0.05, 0) is 37.5 Å². The fourth-order valence-corrected chi connectivity index (χ4v) is 1.90. The van der Waals surface area contributed by atoms with E-state index in [1.807, 2.05) is 43.3 Å². The second-order valence-electron chi connectivity index (χ2n) is 4.65. The Bertz CT molecular complexity index is 591. The van der Waals surface area contributed by atoms with Gasteiger partial charge in [0.05, 0.1) is 0 Å².